The van der Waals surface area contributed by atoms with Crippen LogP contribution < -0.4 is 15.6 Å². The fourth-order valence-electron chi connectivity index (χ4n) is 4.57. The molecule has 0 aliphatic carbocycles. The van der Waals surface area contributed by atoms with Gasteiger partial charge in [0.05, 0.1) is 19.3 Å². The van der Waals surface area contributed by atoms with Gasteiger partial charge < -0.3 is 14.4 Å². The molecule has 3 aromatic rings. The Bertz CT molecular complexity index is 1250. The Morgan fingerprint density at radius 2 is 1.75 bits per heavy atom. The number of nitrogens with zero attached hydrogens (tertiary/aromatic N) is 1. The maximum absolute atomic E-state index is 13.6. The second-order valence-electron chi connectivity index (χ2n) is 9.01. The third kappa shape index (κ3) is 5.24. The van der Waals surface area contributed by atoms with Crippen LogP contribution in [0.1, 0.15) is 50.2 Å². The van der Waals surface area contributed by atoms with E-state index in [0.717, 1.165) is 29.7 Å². The van der Waals surface area contributed by atoms with Crippen molar-refractivity contribution in [3.8, 4) is 5.75 Å². The monoisotopic (exact) mass is 491 g/mol. The van der Waals surface area contributed by atoms with Crippen LogP contribution in [0.2, 0.25) is 0 Å². The van der Waals surface area contributed by atoms with Crippen molar-refractivity contribution in [2.24, 2.45) is 0 Å². The number of ether oxygens (including phenoxy) is 2. The minimum atomic E-state index is -0.716. The van der Waals surface area contributed by atoms with Gasteiger partial charge in [0.15, 0.2) is 0 Å². The zero-order valence-corrected chi connectivity index (χ0v) is 20.6. The number of para-hydroxylation sites is 1. The lowest BCUT2D eigenvalue weighted by Gasteiger charge is -2.31. The summed E-state index contributed by atoms with van der Waals surface area (Å²) >= 11 is 0. The Hall–Kier alpha value is -3.75. The molecule has 0 aromatic heterocycles. The van der Waals surface area contributed by atoms with Crippen molar-refractivity contribution in [3.05, 3.63) is 100 Å². The molecule has 2 amide bonds. The summed E-state index contributed by atoms with van der Waals surface area (Å²) in [6.07, 6.45) is 1.59. The van der Waals surface area contributed by atoms with Crippen molar-refractivity contribution in [1.82, 2.24) is 15.8 Å². The fourth-order valence-corrected chi connectivity index (χ4v) is 4.57. The van der Waals surface area contributed by atoms with Crippen molar-refractivity contribution in [1.29, 1.82) is 0 Å². The first-order chi connectivity index (χ1) is 17.3. The highest BCUT2D eigenvalue weighted by atomic mass is 19.1. The number of benzene rings is 3. The maximum atomic E-state index is 13.6. The van der Waals surface area contributed by atoms with Gasteiger partial charge in [-0.25, -0.2) is 4.39 Å². The lowest BCUT2D eigenvalue weighted by Crippen LogP contribution is -2.41. The number of fused-ring (bicyclic) bond motifs is 1. The number of hydrogen-bond acceptors (Lipinski definition) is 5. The highest BCUT2D eigenvalue weighted by Gasteiger charge is 2.41. The molecule has 3 aromatic carbocycles. The number of hydrazine groups is 1. The van der Waals surface area contributed by atoms with E-state index in [4.69, 9.17) is 9.47 Å². The molecule has 8 heteroatoms. The van der Waals surface area contributed by atoms with Crippen LogP contribution in [0.25, 0.3) is 0 Å². The molecule has 0 saturated carbocycles. The first-order valence-electron chi connectivity index (χ1n) is 11.8. The summed E-state index contributed by atoms with van der Waals surface area (Å²) in [5.74, 6) is -0.831. The van der Waals surface area contributed by atoms with Gasteiger partial charge in [-0.2, -0.15) is 0 Å². The molecule has 0 spiro atoms. The molecule has 0 saturated heterocycles. The smallest absolute Gasteiger partial charge is 0.273 e. The summed E-state index contributed by atoms with van der Waals surface area (Å²) in [6, 6.07) is 18.5. The first-order valence-corrected chi connectivity index (χ1v) is 11.8. The predicted octanol–water partition coefficient (Wildman–Crippen LogP) is 4.02. The average Bonchev–Trinajstić information content (AvgIpc) is 3.26. The number of hydrogen-bond donors (Lipinski definition) is 2. The molecule has 0 bridgehead atoms. The zero-order valence-electron chi connectivity index (χ0n) is 20.6. The van der Waals surface area contributed by atoms with E-state index in [2.05, 4.69) is 15.8 Å². The van der Waals surface area contributed by atoms with E-state index in [0.29, 0.717) is 29.9 Å². The summed E-state index contributed by atoms with van der Waals surface area (Å²) in [6.45, 7) is 1.21. The molecule has 0 fully saturated rings. The van der Waals surface area contributed by atoms with Gasteiger partial charge in [0.1, 0.15) is 17.2 Å². The van der Waals surface area contributed by atoms with Crippen LogP contribution >= 0.6 is 0 Å². The predicted molar refractivity (Wildman–Crippen MR) is 134 cm³/mol. The van der Waals surface area contributed by atoms with E-state index in [9.17, 15) is 14.0 Å². The normalized spacial score (nSPS) is 16.5. The Labute approximate surface area is 210 Å². The van der Waals surface area contributed by atoms with Crippen LogP contribution in [0.3, 0.4) is 0 Å². The molecule has 7 nitrogen and oxygen atoms in total. The zero-order chi connectivity index (χ0) is 25.7. The van der Waals surface area contributed by atoms with Gasteiger partial charge >= 0.3 is 0 Å². The van der Waals surface area contributed by atoms with Gasteiger partial charge in [0, 0.05) is 5.56 Å². The SMILES string of the molecule is COc1ccccc1C(=O)NNC(=O)c1ccc2c(c1)COC2(CCCN(C)C)c1ccc(F)cc1. The van der Waals surface area contributed by atoms with Gasteiger partial charge in [-0.3, -0.25) is 20.4 Å². The molecule has 1 atom stereocenters. The van der Waals surface area contributed by atoms with Crippen molar-refractivity contribution in [3.63, 3.8) is 0 Å². The quantitative estimate of drug-likeness (QED) is 0.465. The molecular weight excluding hydrogens is 461 g/mol. The third-order valence-electron chi connectivity index (χ3n) is 6.36. The minimum absolute atomic E-state index is 0.303. The summed E-state index contributed by atoms with van der Waals surface area (Å²) in [5, 5.41) is 0. The highest BCUT2D eigenvalue weighted by Crippen LogP contribution is 2.45. The third-order valence-corrected chi connectivity index (χ3v) is 6.36. The number of carbonyl (C=O) groups is 2. The van der Waals surface area contributed by atoms with Crippen LogP contribution in [-0.2, 0) is 16.9 Å². The molecule has 36 heavy (non-hydrogen) atoms. The Kier molecular flexibility index (Phi) is 7.67. The molecule has 1 aliphatic rings. The van der Waals surface area contributed by atoms with Crippen molar-refractivity contribution >= 4 is 11.8 Å². The number of carbonyl (C=O) groups excluding carboxylic acids is 2. The van der Waals surface area contributed by atoms with E-state index in [1.807, 2.05) is 20.2 Å². The van der Waals surface area contributed by atoms with Crippen molar-refractivity contribution in [2.75, 3.05) is 27.7 Å². The average molecular weight is 492 g/mol. The van der Waals surface area contributed by atoms with Crippen LogP contribution in [0.15, 0.2) is 66.7 Å². The summed E-state index contributed by atoms with van der Waals surface area (Å²) < 4.78 is 25.2. The molecule has 1 unspecified atom stereocenters. The first kappa shape index (κ1) is 25.3. The van der Waals surface area contributed by atoms with Gasteiger partial charge in [0.2, 0.25) is 0 Å². The van der Waals surface area contributed by atoms with Crippen LogP contribution in [0.4, 0.5) is 4.39 Å². The number of halogens is 1. The Balaban J connectivity index is 1.53. The lowest BCUT2D eigenvalue weighted by molar-refractivity contribution is -0.0140. The highest BCUT2D eigenvalue weighted by molar-refractivity contribution is 6.00. The largest absolute Gasteiger partial charge is 0.496 e. The van der Waals surface area contributed by atoms with E-state index in [1.54, 1.807) is 48.5 Å². The standard InChI is InChI=1S/C28H30FN3O4/c1-32(2)16-6-15-28(21-10-12-22(29)13-11-21)24-14-9-19(17-20(24)18-36-28)26(33)30-31-27(34)23-7-4-5-8-25(23)35-3/h4-5,7-14,17H,6,15-16,18H2,1-3H3,(H,30,33)(H,31,34). The molecular formula is C28H30FN3O4. The van der Waals surface area contributed by atoms with Crippen molar-refractivity contribution < 1.29 is 23.5 Å². The molecule has 2 N–H and O–H groups in total. The molecule has 4 rings (SSSR count). The van der Waals surface area contributed by atoms with Gasteiger partial charge in [-0.1, -0.05) is 30.3 Å². The Morgan fingerprint density at radius 1 is 1.03 bits per heavy atom. The topological polar surface area (TPSA) is 79.9 Å². The lowest BCUT2D eigenvalue weighted by atomic mass is 9.81. The van der Waals surface area contributed by atoms with Crippen LogP contribution in [0.5, 0.6) is 5.75 Å². The molecule has 188 valence electrons. The summed E-state index contributed by atoms with van der Waals surface area (Å²) in [7, 11) is 5.51. The summed E-state index contributed by atoms with van der Waals surface area (Å²) in [5.41, 5.74) is 7.60. The number of rotatable bonds is 8. The maximum Gasteiger partial charge on any atom is 0.273 e. The van der Waals surface area contributed by atoms with E-state index < -0.39 is 17.4 Å². The van der Waals surface area contributed by atoms with Crippen molar-refractivity contribution in [2.45, 2.75) is 25.0 Å². The Morgan fingerprint density at radius 3 is 2.47 bits per heavy atom. The van der Waals surface area contributed by atoms with Crippen LogP contribution in [0, 0.1) is 5.82 Å². The van der Waals surface area contributed by atoms with E-state index in [-0.39, 0.29) is 5.82 Å². The number of nitrogens with one attached hydrogen (secondary N) is 2. The number of amides is 2. The number of methoxy groups -OCH3 is 1. The van der Waals surface area contributed by atoms with Gasteiger partial charge in [-0.05, 0) is 86.6 Å². The van der Waals surface area contributed by atoms with Crippen LogP contribution in [-0.4, -0.2) is 44.5 Å². The summed E-state index contributed by atoms with van der Waals surface area (Å²) in [4.78, 5) is 27.4. The van der Waals surface area contributed by atoms with E-state index in [1.165, 1.54) is 19.2 Å². The van der Waals surface area contributed by atoms with Gasteiger partial charge in [0.25, 0.3) is 11.8 Å². The molecule has 1 aliphatic heterocycles. The fraction of sp³-hybridized carbons (Fsp3) is 0.286. The molecule has 1 heterocycles. The minimum Gasteiger partial charge on any atom is -0.496 e. The van der Waals surface area contributed by atoms with E-state index >= 15 is 0 Å². The second kappa shape index (κ2) is 10.9. The second-order valence-corrected chi connectivity index (χ2v) is 9.01. The molecule has 0 radical (unpaired) electrons. The van der Waals surface area contributed by atoms with Gasteiger partial charge in [-0.15, -0.1) is 0 Å².